The van der Waals surface area contributed by atoms with Crippen molar-refractivity contribution in [3.05, 3.63) is 45.7 Å². The van der Waals surface area contributed by atoms with Crippen molar-refractivity contribution < 1.29 is 4.79 Å². The fraction of sp³-hybridized carbons (Fsp3) is 0.400. The quantitative estimate of drug-likeness (QED) is 0.795. The Labute approximate surface area is 125 Å². The van der Waals surface area contributed by atoms with Crippen LogP contribution in [0.3, 0.4) is 0 Å². The molecular weight excluding hydrogens is 318 g/mol. The van der Waals surface area contributed by atoms with E-state index in [2.05, 4.69) is 50.5 Å². The molecule has 0 radical (unpaired) electrons. The van der Waals surface area contributed by atoms with Gasteiger partial charge in [-0.05, 0) is 51.7 Å². The highest BCUT2D eigenvalue weighted by molar-refractivity contribution is 9.10. The van der Waals surface area contributed by atoms with E-state index in [-0.39, 0.29) is 11.7 Å². The number of ketones is 1. The van der Waals surface area contributed by atoms with Crippen LogP contribution < -0.4 is 0 Å². The number of nitrogens with zero attached hydrogens (tertiary/aromatic N) is 3. The fourth-order valence-electron chi connectivity index (χ4n) is 3.67. The number of halogens is 1. The Kier molecular flexibility index (Phi) is 2.61. The van der Waals surface area contributed by atoms with Crippen molar-refractivity contribution >= 4 is 21.7 Å². The lowest BCUT2D eigenvalue weighted by atomic mass is 9.92. The van der Waals surface area contributed by atoms with Gasteiger partial charge in [-0.3, -0.25) is 4.79 Å². The Morgan fingerprint density at radius 2 is 2.20 bits per heavy atom. The zero-order valence-corrected chi connectivity index (χ0v) is 12.7. The molecule has 4 rings (SSSR count). The highest BCUT2D eigenvalue weighted by atomic mass is 79.9. The third-order valence-electron chi connectivity index (χ3n) is 4.65. The van der Waals surface area contributed by atoms with Crippen molar-refractivity contribution in [1.29, 1.82) is 0 Å². The maximum absolute atomic E-state index is 12.8. The summed E-state index contributed by atoms with van der Waals surface area (Å²) in [5.74, 6) is 1.18. The predicted molar refractivity (Wildman–Crippen MR) is 77.5 cm³/mol. The molecule has 2 aliphatic carbocycles. The molecule has 4 nitrogen and oxygen atoms in total. The Balaban J connectivity index is 1.69. The maximum atomic E-state index is 12.8. The summed E-state index contributed by atoms with van der Waals surface area (Å²) < 4.78 is 2.13. The first-order valence-corrected chi connectivity index (χ1v) is 7.65. The zero-order chi connectivity index (χ0) is 13.9. The predicted octanol–water partition coefficient (Wildman–Crippen LogP) is 2.74. The van der Waals surface area contributed by atoms with Gasteiger partial charge in [0.2, 0.25) is 0 Å². The van der Waals surface area contributed by atoms with Gasteiger partial charge in [-0.1, -0.05) is 29.5 Å². The van der Waals surface area contributed by atoms with E-state index in [1.807, 2.05) is 0 Å². The molecule has 102 valence electrons. The van der Waals surface area contributed by atoms with Crippen molar-refractivity contribution in [2.45, 2.75) is 18.8 Å². The second-order valence-corrected chi connectivity index (χ2v) is 6.42. The average Bonchev–Trinajstić information content (AvgIpc) is 3.11. The summed E-state index contributed by atoms with van der Waals surface area (Å²) in [6, 6.07) is 8.52. The highest BCUT2D eigenvalue weighted by Crippen LogP contribution is 2.60. The number of rotatable bonds is 2. The molecule has 0 saturated heterocycles. The molecule has 0 amide bonds. The van der Waals surface area contributed by atoms with Gasteiger partial charge in [0, 0.05) is 13.0 Å². The van der Waals surface area contributed by atoms with Gasteiger partial charge < -0.3 is 0 Å². The molecule has 1 saturated carbocycles. The van der Waals surface area contributed by atoms with Gasteiger partial charge in [-0.15, -0.1) is 5.10 Å². The maximum Gasteiger partial charge on any atom is 0.187 e. The van der Waals surface area contributed by atoms with E-state index in [9.17, 15) is 4.79 Å². The van der Waals surface area contributed by atoms with Crippen molar-refractivity contribution in [2.75, 3.05) is 0 Å². The van der Waals surface area contributed by atoms with E-state index in [1.54, 1.807) is 11.7 Å². The van der Waals surface area contributed by atoms with Gasteiger partial charge >= 0.3 is 0 Å². The molecule has 20 heavy (non-hydrogen) atoms. The molecule has 5 heteroatoms. The van der Waals surface area contributed by atoms with Crippen LogP contribution in [0.5, 0.6) is 0 Å². The number of aryl methyl sites for hydroxylation is 2. The monoisotopic (exact) mass is 331 g/mol. The van der Waals surface area contributed by atoms with E-state index in [0.29, 0.717) is 22.1 Å². The third-order valence-corrected chi connectivity index (χ3v) is 5.19. The minimum atomic E-state index is 0.104. The highest BCUT2D eigenvalue weighted by Gasteiger charge is 2.57. The van der Waals surface area contributed by atoms with Gasteiger partial charge in [0.25, 0.3) is 0 Å². The smallest absolute Gasteiger partial charge is 0.187 e. The van der Waals surface area contributed by atoms with Crippen molar-refractivity contribution in [2.24, 2.45) is 18.9 Å². The molecule has 2 aliphatic rings. The van der Waals surface area contributed by atoms with Crippen LogP contribution in [0.2, 0.25) is 0 Å². The number of benzene rings is 1. The first-order valence-electron chi connectivity index (χ1n) is 6.85. The minimum absolute atomic E-state index is 0.104. The molecule has 0 N–H and O–H groups in total. The van der Waals surface area contributed by atoms with Gasteiger partial charge in [-0.2, -0.15) is 0 Å². The normalized spacial score (nSPS) is 26.8. The Bertz CT molecular complexity index is 689. The van der Waals surface area contributed by atoms with Crippen LogP contribution in [0.15, 0.2) is 28.9 Å². The second kappa shape index (κ2) is 4.25. The molecule has 1 heterocycles. The standard InChI is InChI=1S/C15H14BrN3O/c1-19-13(15(16)17-18-19)14(20)12-10-7-6-8-4-2-3-5-9(8)11(10)12/h2-5,10-12H,6-7H2,1H3. The summed E-state index contributed by atoms with van der Waals surface area (Å²) in [7, 11) is 1.77. The van der Waals surface area contributed by atoms with Crippen molar-refractivity contribution in [3.63, 3.8) is 0 Å². The number of hydrogen-bond acceptors (Lipinski definition) is 3. The molecule has 1 aromatic heterocycles. The molecule has 3 unspecified atom stereocenters. The van der Waals surface area contributed by atoms with Crippen LogP contribution in [0.4, 0.5) is 0 Å². The summed E-state index contributed by atoms with van der Waals surface area (Å²) in [6.45, 7) is 0. The van der Waals surface area contributed by atoms with E-state index in [0.717, 1.165) is 12.8 Å². The van der Waals surface area contributed by atoms with Crippen LogP contribution in [0.25, 0.3) is 0 Å². The Morgan fingerprint density at radius 1 is 1.40 bits per heavy atom. The molecule has 0 spiro atoms. The van der Waals surface area contributed by atoms with Gasteiger partial charge in [0.1, 0.15) is 5.69 Å². The van der Waals surface area contributed by atoms with Gasteiger partial charge in [-0.25, -0.2) is 4.68 Å². The molecule has 1 fully saturated rings. The second-order valence-electron chi connectivity index (χ2n) is 5.67. The fourth-order valence-corrected chi connectivity index (χ4v) is 4.20. The Morgan fingerprint density at radius 3 is 2.95 bits per heavy atom. The molecule has 0 aliphatic heterocycles. The van der Waals surface area contributed by atoms with Crippen LogP contribution in [0, 0.1) is 11.8 Å². The molecule has 0 bridgehead atoms. The SMILES string of the molecule is Cn1nnc(Br)c1C(=O)C1C2CCc3ccccc3C21. The molecular formula is C15H14BrN3O. The van der Waals surface area contributed by atoms with Crippen LogP contribution in [-0.2, 0) is 13.5 Å². The number of aromatic nitrogens is 3. The largest absolute Gasteiger partial charge is 0.292 e. The number of carbonyl (C=O) groups excluding carboxylic acids is 1. The summed E-state index contributed by atoms with van der Waals surface area (Å²) >= 11 is 3.33. The van der Waals surface area contributed by atoms with E-state index >= 15 is 0 Å². The van der Waals surface area contributed by atoms with E-state index in [4.69, 9.17) is 0 Å². The minimum Gasteiger partial charge on any atom is -0.292 e. The molecule has 2 aromatic rings. The number of carbonyl (C=O) groups is 1. The van der Waals surface area contributed by atoms with Gasteiger partial charge in [0.05, 0.1) is 0 Å². The molecule has 1 aromatic carbocycles. The van der Waals surface area contributed by atoms with Crippen molar-refractivity contribution in [1.82, 2.24) is 15.0 Å². The summed E-state index contributed by atoms with van der Waals surface area (Å²) in [4.78, 5) is 12.8. The third kappa shape index (κ3) is 1.62. The number of hydrogen-bond donors (Lipinski definition) is 0. The topological polar surface area (TPSA) is 47.8 Å². The van der Waals surface area contributed by atoms with E-state index in [1.165, 1.54) is 11.1 Å². The Hall–Kier alpha value is -1.49. The van der Waals surface area contributed by atoms with Crippen LogP contribution in [-0.4, -0.2) is 20.8 Å². The lowest BCUT2D eigenvalue weighted by molar-refractivity contribution is 0.0949. The van der Waals surface area contributed by atoms with E-state index < -0.39 is 0 Å². The lowest BCUT2D eigenvalue weighted by Crippen LogP contribution is -2.11. The summed E-state index contributed by atoms with van der Waals surface area (Å²) in [6.07, 6.45) is 2.20. The van der Waals surface area contributed by atoms with Crippen molar-refractivity contribution in [3.8, 4) is 0 Å². The first-order chi connectivity index (χ1) is 9.68. The summed E-state index contributed by atoms with van der Waals surface area (Å²) in [5.41, 5.74) is 3.38. The first kappa shape index (κ1) is 12.3. The zero-order valence-electron chi connectivity index (χ0n) is 11.1. The lowest BCUT2D eigenvalue weighted by Gasteiger charge is -2.13. The number of fused-ring (bicyclic) bond motifs is 3. The summed E-state index contributed by atoms with van der Waals surface area (Å²) in [5, 5.41) is 7.83. The molecule has 3 atom stereocenters. The van der Waals surface area contributed by atoms with Crippen LogP contribution >= 0.6 is 15.9 Å². The average molecular weight is 332 g/mol. The van der Waals surface area contributed by atoms with Gasteiger partial charge in [0.15, 0.2) is 10.4 Å². The van der Waals surface area contributed by atoms with Crippen LogP contribution in [0.1, 0.15) is 34.0 Å². The number of Topliss-reactive ketones (excluding diaryl/α,β-unsaturated/α-hetero) is 1.